The van der Waals surface area contributed by atoms with Crippen molar-refractivity contribution in [3.05, 3.63) is 89.0 Å². The van der Waals surface area contributed by atoms with Gasteiger partial charge in [-0.1, -0.05) is 36.5 Å². The lowest BCUT2D eigenvalue weighted by atomic mass is 9.95. The summed E-state index contributed by atoms with van der Waals surface area (Å²) in [7, 11) is 0. The van der Waals surface area contributed by atoms with Gasteiger partial charge in [0.25, 0.3) is 5.78 Å². The lowest BCUT2D eigenvalue weighted by molar-refractivity contribution is -0.132. The molecular weight excluding hydrogens is 500 g/mol. The number of aryl methyl sites for hydroxylation is 1. The van der Waals surface area contributed by atoms with Crippen molar-refractivity contribution < 1.29 is 24.2 Å². The van der Waals surface area contributed by atoms with Crippen LogP contribution in [0, 0.1) is 6.92 Å². The Labute approximate surface area is 225 Å². The number of aliphatic hydroxyl groups is 1. The molecule has 1 unspecified atom stereocenters. The van der Waals surface area contributed by atoms with Gasteiger partial charge in [0.1, 0.15) is 17.3 Å². The Hall–Kier alpha value is -4.17. The van der Waals surface area contributed by atoms with Crippen LogP contribution in [-0.2, 0) is 9.59 Å². The molecule has 0 saturated carbocycles. The van der Waals surface area contributed by atoms with E-state index in [0.29, 0.717) is 41.0 Å². The highest BCUT2D eigenvalue weighted by Crippen LogP contribution is 2.44. The van der Waals surface area contributed by atoms with E-state index < -0.39 is 17.7 Å². The summed E-state index contributed by atoms with van der Waals surface area (Å²) in [4.78, 5) is 33.0. The molecule has 5 rings (SSSR count). The number of benzene rings is 3. The number of thiazole rings is 1. The minimum atomic E-state index is -0.858. The number of ether oxygens (including phenoxy) is 2. The van der Waals surface area contributed by atoms with Gasteiger partial charge < -0.3 is 14.6 Å². The van der Waals surface area contributed by atoms with Crippen LogP contribution < -0.4 is 14.4 Å². The maximum atomic E-state index is 13.5. The molecule has 0 bridgehead atoms. The van der Waals surface area contributed by atoms with E-state index in [9.17, 15) is 14.7 Å². The molecule has 1 fully saturated rings. The van der Waals surface area contributed by atoms with E-state index in [0.717, 1.165) is 22.2 Å². The maximum Gasteiger partial charge on any atom is 0.301 e. The number of rotatable bonds is 8. The predicted molar refractivity (Wildman–Crippen MR) is 149 cm³/mol. The van der Waals surface area contributed by atoms with Crippen LogP contribution in [0.2, 0.25) is 0 Å². The molecule has 1 amide bonds. The van der Waals surface area contributed by atoms with Gasteiger partial charge in [-0.25, -0.2) is 4.98 Å². The number of Topliss-reactive ketones (excluding diaryl/α,β-unsaturated/α-hetero) is 1. The molecule has 0 aliphatic carbocycles. The Morgan fingerprint density at radius 3 is 2.34 bits per heavy atom. The van der Waals surface area contributed by atoms with E-state index in [1.165, 1.54) is 16.2 Å². The third kappa shape index (κ3) is 4.75. The Morgan fingerprint density at radius 1 is 0.974 bits per heavy atom. The van der Waals surface area contributed by atoms with Crippen molar-refractivity contribution in [1.82, 2.24) is 4.98 Å². The third-order valence-electron chi connectivity index (χ3n) is 6.29. The molecule has 2 heterocycles. The summed E-state index contributed by atoms with van der Waals surface area (Å²) in [6.07, 6.45) is 0.874. The number of amides is 1. The number of ketones is 1. The third-order valence-corrected chi connectivity index (χ3v) is 7.31. The van der Waals surface area contributed by atoms with Crippen molar-refractivity contribution >= 4 is 44.1 Å². The Balaban J connectivity index is 1.63. The molecule has 194 valence electrons. The molecule has 1 aromatic heterocycles. The second-order valence-corrected chi connectivity index (χ2v) is 10.0. The van der Waals surface area contributed by atoms with Crippen LogP contribution in [0.25, 0.3) is 16.0 Å². The second-order valence-electron chi connectivity index (χ2n) is 9.01. The lowest BCUT2D eigenvalue weighted by Gasteiger charge is -2.23. The van der Waals surface area contributed by atoms with E-state index >= 15 is 0 Å². The van der Waals surface area contributed by atoms with Gasteiger partial charge in [0.2, 0.25) is 0 Å². The van der Waals surface area contributed by atoms with Crippen molar-refractivity contribution in [3.63, 3.8) is 0 Å². The van der Waals surface area contributed by atoms with Gasteiger partial charge in [-0.15, -0.1) is 0 Å². The first kappa shape index (κ1) is 25.5. The highest BCUT2D eigenvalue weighted by molar-refractivity contribution is 7.22. The van der Waals surface area contributed by atoms with Crippen LogP contribution in [0.5, 0.6) is 11.5 Å². The average molecular weight is 529 g/mol. The summed E-state index contributed by atoms with van der Waals surface area (Å²) >= 11 is 1.34. The fourth-order valence-electron chi connectivity index (χ4n) is 4.47. The molecule has 8 heteroatoms. The number of fused-ring (bicyclic) bond motifs is 1. The molecule has 1 aliphatic heterocycles. The number of hydrogen-bond donors (Lipinski definition) is 1. The summed E-state index contributed by atoms with van der Waals surface area (Å²) < 4.78 is 12.1. The van der Waals surface area contributed by atoms with E-state index in [1.54, 1.807) is 48.5 Å². The van der Waals surface area contributed by atoms with Gasteiger partial charge in [-0.3, -0.25) is 14.5 Å². The van der Waals surface area contributed by atoms with Crippen LogP contribution in [0.15, 0.2) is 72.3 Å². The minimum absolute atomic E-state index is 0.0109. The standard InChI is InChI=1S/C30H28N2O5S/c1-4-16-37-22-13-9-20(10-14-22)27(33)25-26(19-7-11-21(12-8-19)36-5-2)32(29(35)28(25)34)30-31-23-15-6-18(3)17-24(23)38-30/h6-15,17,26,33H,4-5,16H2,1-3H3. The van der Waals surface area contributed by atoms with Crippen molar-refractivity contribution in [1.29, 1.82) is 0 Å². The summed E-state index contributed by atoms with van der Waals surface area (Å²) in [6.45, 7) is 7.00. The number of aliphatic hydroxyl groups excluding tert-OH is 1. The highest BCUT2D eigenvalue weighted by atomic mass is 32.1. The number of carbonyl (C=O) groups excluding carboxylic acids is 2. The highest BCUT2D eigenvalue weighted by Gasteiger charge is 2.48. The minimum Gasteiger partial charge on any atom is -0.507 e. The van der Waals surface area contributed by atoms with E-state index in [-0.39, 0.29) is 11.3 Å². The first-order chi connectivity index (χ1) is 18.4. The largest absolute Gasteiger partial charge is 0.507 e. The van der Waals surface area contributed by atoms with Crippen LogP contribution in [0.1, 0.15) is 43.0 Å². The van der Waals surface area contributed by atoms with Crippen molar-refractivity contribution in [2.45, 2.75) is 33.2 Å². The molecule has 1 aliphatic rings. The molecular formula is C30H28N2O5S. The molecule has 0 spiro atoms. The van der Waals surface area contributed by atoms with Crippen LogP contribution >= 0.6 is 11.3 Å². The molecule has 4 aromatic rings. The van der Waals surface area contributed by atoms with Crippen LogP contribution in [0.4, 0.5) is 5.13 Å². The van der Waals surface area contributed by atoms with Gasteiger partial charge in [0, 0.05) is 5.56 Å². The molecule has 1 N–H and O–H groups in total. The maximum absolute atomic E-state index is 13.5. The first-order valence-electron chi connectivity index (χ1n) is 12.6. The summed E-state index contributed by atoms with van der Waals surface area (Å²) in [6, 6.07) is 19.0. The molecule has 38 heavy (non-hydrogen) atoms. The smallest absolute Gasteiger partial charge is 0.301 e. The summed E-state index contributed by atoms with van der Waals surface area (Å²) in [5, 5.41) is 11.8. The van der Waals surface area contributed by atoms with E-state index in [1.807, 2.05) is 39.0 Å². The quantitative estimate of drug-likeness (QED) is 0.161. The molecule has 1 atom stereocenters. The molecule has 0 radical (unpaired) electrons. The van der Waals surface area contributed by atoms with Gasteiger partial charge in [-0.2, -0.15) is 0 Å². The fourth-order valence-corrected chi connectivity index (χ4v) is 5.56. The zero-order valence-corrected chi connectivity index (χ0v) is 22.2. The van der Waals surface area contributed by atoms with E-state index in [2.05, 4.69) is 4.98 Å². The number of hydrogen-bond acceptors (Lipinski definition) is 7. The monoisotopic (exact) mass is 528 g/mol. The molecule has 7 nitrogen and oxygen atoms in total. The Kier molecular flexibility index (Phi) is 7.15. The first-order valence-corrected chi connectivity index (χ1v) is 13.4. The van der Waals surface area contributed by atoms with E-state index in [4.69, 9.17) is 9.47 Å². The predicted octanol–water partition coefficient (Wildman–Crippen LogP) is 6.42. The number of nitrogens with zero attached hydrogens (tertiary/aromatic N) is 2. The normalized spacial score (nSPS) is 16.8. The zero-order chi connectivity index (χ0) is 26.8. The number of carbonyl (C=O) groups is 2. The van der Waals surface area contributed by atoms with Crippen LogP contribution in [-0.4, -0.2) is 35.0 Å². The second kappa shape index (κ2) is 10.7. The average Bonchev–Trinajstić information content (AvgIpc) is 3.45. The zero-order valence-electron chi connectivity index (χ0n) is 21.4. The SMILES string of the molecule is CCCOc1ccc(C(O)=C2C(=O)C(=O)N(c3nc4ccc(C)cc4s3)C2c2ccc(OCC)cc2)cc1. The van der Waals surface area contributed by atoms with Gasteiger partial charge in [0.05, 0.1) is 35.0 Å². The number of anilines is 1. The summed E-state index contributed by atoms with van der Waals surface area (Å²) in [5.41, 5.74) is 2.90. The van der Waals surface area contributed by atoms with Crippen LogP contribution in [0.3, 0.4) is 0 Å². The topological polar surface area (TPSA) is 89.0 Å². The van der Waals surface area contributed by atoms with Gasteiger partial charge in [0.15, 0.2) is 5.13 Å². The fraction of sp³-hybridized carbons (Fsp3) is 0.233. The van der Waals surface area contributed by atoms with Crippen molar-refractivity contribution in [2.75, 3.05) is 18.1 Å². The van der Waals surface area contributed by atoms with Crippen molar-refractivity contribution in [3.8, 4) is 11.5 Å². The Bertz CT molecular complexity index is 1520. The summed E-state index contributed by atoms with van der Waals surface area (Å²) in [5.74, 6) is -0.404. The number of aromatic nitrogens is 1. The van der Waals surface area contributed by atoms with Crippen molar-refractivity contribution in [2.24, 2.45) is 0 Å². The molecule has 3 aromatic carbocycles. The van der Waals surface area contributed by atoms with Gasteiger partial charge in [-0.05, 0) is 79.9 Å². The van der Waals surface area contributed by atoms with Gasteiger partial charge >= 0.3 is 5.91 Å². The molecule has 1 saturated heterocycles. The Morgan fingerprint density at radius 2 is 1.66 bits per heavy atom. The lowest BCUT2D eigenvalue weighted by Crippen LogP contribution is -2.29.